The number of carbonyl (C=O) groups excluding carboxylic acids is 1. The topological polar surface area (TPSA) is 94.2 Å². The van der Waals surface area contributed by atoms with Crippen LogP contribution in [0.15, 0.2) is 72.8 Å². The monoisotopic (exact) mass is 482 g/mol. The Bertz CT molecular complexity index is 1260. The molecule has 0 fully saturated rings. The molecule has 0 saturated carbocycles. The molecule has 1 amide bonds. The van der Waals surface area contributed by atoms with E-state index in [1.807, 2.05) is 12.1 Å². The smallest absolute Gasteiger partial charge is 0.263 e. The summed E-state index contributed by atoms with van der Waals surface area (Å²) >= 11 is 0. The van der Waals surface area contributed by atoms with E-state index >= 15 is 0 Å². The predicted octanol–water partition coefficient (Wildman–Crippen LogP) is 3.12. The summed E-state index contributed by atoms with van der Waals surface area (Å²) in [5.41, 5.74) is 1.89. The fraction of sp³-hybridized carbons (Fsp3) is 0.240. The van der Waals surface area contributed by atoms with Gasteiger partial charge in [0.15, 0.2) is 17.6 Å². The lowest BCUT2D eigenvalue weighted by Crippen LogP contribution is -2.50. The van der Waals surface area contributed by atoms with Crippen LogP contribution in [0.3, 0.4) is 0 Å². The van der Waals surface area contributed by atoms with Crippen LogP contribution in [0.2, 0.25) is 0 Å². The summed E-state index contributed by atoms with van der Waals surface area (Å²) in [6, 6.07) is 21.1. The van der Waals surface area contributed by atoms with Crippen molar-refractivity contribution in [2.75, 3.05) is 25.1 Å². The van der Waals surface area contributed by atoms with Crippen molar-refractivity contribution in [3.63, 3.8) is 0 Å². The third-order valence-corrected chi connectivity index (χ3v) is 7.19. The van der Waals surface area contributed by atoms with Gasteiger partial charge in [-0.3, -0.25) is 9.10 Å². The minimum Gasteiger partial charge on any atom is -0.493 e. The van der Waals surface area contributed by atoms with Crippen molar-refractivity contribution in [1.82, 2.24) is 5.32 Å². The number of rotatable bonds is 8. The van der Waals surface area contributed by atoms with Gasteiger partial charge in [0, 0.05) is 6.54 Å². The molecule has 0 bridgehead atoms. The standard InChI is InChI=1S/C25H26N2O6S/c1-31-22-13-12-19(14-23(22)32-2)15-26-25(28)24-16-27(20-10-6-7-11-21(20)33-24)34(29,30)17-18-8-4-3-5-9-18/h3-14,24H,15-17H2,1-2H3,(H,26,28). The highest BCUT2D eigenvalue weighted by Gasteiger charge is 2.36. The average Bonchev–Trinajstić information content (AvgIpc) is 2.86. The molecule has 1 unspecified atom stereocenters. The Morgan fingerprint density at radius 3 is 2.41 bits per heavy atom. The van der Waals surface area contributed by atoms with Gasteiger partial charge in [0.1, 0.15) is 5.75 Å². The SMILES string of the molecule is COc1ccc(CNC(=O)C2CN(S(=O)(=O)Cc3ccccc3)c3ccccc3O2)cc1OC. The summed E-state index contributed by atoms with van der Waals surface area (Å²) in [6.07, 6.45) is -0.999. The first kappa shape index (κ1) is 23.4. The van der Waals surface area contributed by atoms with Gasteiger partial charge in [-0.05, 0) is 35.4 Å². The van der Waals surface area contributed by atoms with Crippen LogP contribution >= 0.6 is 0 Å². The number of carbonyl (C=O) groups is 1. The first-order valence-electron chi connectivity index (χ1n) is 10.7. The van der Waals surface area contributed by atoms with Crippen molar-refractivity contribution in [2.45, 2.75) is 18.4 Å². The number of sulfonamides is 1. The van der Waals surface area contributed by atoms with Crippen LogP contribution < -0.4 is 23.8 Å². The molecule has 0 aromatic heterocycles. The molecule has 8 nitrogen and oxygen atoms in total. The van der Waals surface area contributed by atoms with Crippen LogP contribution in [0.5, 0.6) is 17.2 Å². The summed E-state index contributed by atoms with van der Waals surface area (Å²) < 4.78 is 44.3. The van der Waals surface area contributed by atoms with Crippen molar-refractivity contribution in [1.29, 1.82) is 0 Å². The first-order valence-corrected chi connectivity index (χ1v) is 12.3. The largest absolute Gasteiger partial charge is 0.493 e. The number of hydrogen-bond acceptors (Lipinski definition) is 6. The van der Waals surface area contributed by atoms with Crippen molar-refractivity contribution in [2.24, 2.45) is 0 Å². The minimum atomic E-state index is -3.76. The number of methoxy groups -OCH3 is 2. The zero-order chi connectivity index (χ0) is 24.1. The molecule has 3 aromatic rings. The number of nitrogens with one attached hydrogen (secondary N) is 1. The van der Waals surface area contributed by atoms with Crippen LogP contribution in [-0.4, -0.2) is 41.2 Å². The van der Waals surface area contributed by atoms with Gasteiger partial charge in [0.2, 0.25) is 10.0 Å². The Hall–Kier alpha value is -3.72. The molecule has 1 aliphatic heterocycles. The highest BCUT2D eigenvalue weighted by atomic mass is 32.2. The Balaban J connectivity index is 1.51. The van der Waals surface area contributed by atoms with Crippen LogP contribution in [0.4, 0.5) is 5.69 Å². The summed E-state index contributed by atoms with van der Waals surface area (Å²) in [5, 5.41) is 2.83. The van der Waals surface area contributed by atoms with Gasteiger partial charge in [-0.1, -0.05) is 48.5 Å². The van der Waals surface area contributed by atoms with Crippen LogP contribution in [0.25, 0.3) is 0 Å². The van der Waals surface area contributed by atoms with E-state index in [0.717, 1.165) is 5.56 Å². The van der Waals surface area contributed by atoms with E-state index in [1.165, 1.54) is 11.4 Å². The van der Waals surface area contributed by atoms with Gasteiger partial charge in [0.25, 0.3) is 5.91 Å². The van der Waals surface area contributed by atoms with Crippen LogP contribution in [-0.2, 0) is 27.1 Å². The van der Waals surface area contributed by atoms with E-state index in [-0.39, 0.29) is 18.8 Å². The second-order valence-electron chi connectivity index (χ2n) is 7.75. The Kier molecular flexibility index (Phi) is 6.93. The molecular weight excluding hydrogens is 456 g/mol. The third-order valence-electron chi connectivity index (χ3n) is 5.47. The van der Waals surface area contributed by atoms with Gasteiger partial charge in [-0.15, -0.1) is 0 Å². The van der Waals surface area contributed by atoms with Gasteiger partial charge in [0.05, 0.1) is 32.2 Å². The molecule has 34 heavy (non-hydrogen) atoms. The fourth-order valence-corrected chi connectivity index (χ4v) is 5.34. The third kappa shape index (κ3) is 5.09. The zero-order valence-electron chi connectivity index (χ0n) is 18.9. The number of fused-ring (bicyclic) bond motifs is 1. The maximum absolute atomic E-state index is 13.3. The highest BCUT2D eigenvalue weighted by Crippen LogP contribution is 2.36. The van der Waals surface area contributed by atoms with E-state index in [2.05, 4.69) is 5.32 Å². The number of hydrogen-bond donors (Lipinski definition) is 1. The van der Waals surface area contributed by atoms with Gasteiger partial charge >= 0.3 is 0 Å². The number of amides is 1. The quantitative estimate of drug-likeness (QED) is 0.530. The van der Waals surface area contributed by atoms with Gasteiger partial charge < -0.3 is 19.5 Å². The summed E-state index contributed by atoms with van der Waals surface area (Å²) in [4.78, 5) is 13.0. The maximum atomic E-state index is 13.3. The van der Waals surface area contributed by atoms with E-state index in [4.69, 9.17) is 14.2 Å². The van der Waals surface area contributed by atoms with Crippen LogP contribution in [0.1, 0.15) is 11.1 Å². The number of para-hydroxylation sites is 2. The van der Waals surface area contributed by atoms with Gasteiger partial charge in [-0.25, -0.2) is 8.42 Å². The van der Waals surface area contributed by atoms with Crippen molar-refractivity contribution in [3.05, 3.63) is 83.9 Å². The molecule has 0 spiro atoms. The molecule has 4 rings (SSSR count). The molecule has 1 heterocycles. The van der Waals surface area contributed by atoms with Crippen LogP contribution in [0, 0.1) is 0 Å². The molecule has 0 saturated heterocycles. The first-order chi connectivity index (χ1) is 16.4. The number of nitrogens with zero attached hydrogens (tertiary/aromatic N) is 1. The molecular formula is C25H26N2O6S. The minimum absolute atomic E-state index is 0.121. The molecule has 1 aliphatic rings. The Labute approximate surface area is 199 Å². The van der Waals surface area contributed by atoms with E-state index in [1.54, 1.807) is 67.8 Å². The number of benzene rings is 3. The number of anilines is 1. The lowest BCUT2D eigenvalue weighted by atomic mass is 10.2. The predicted molar refractivity (Wildman–Crippen MR) is 129 cm³/mol. The second kappa shape index (κ2) is 10.0. The van der Waals surface area contributed by atoms with Gasteiger partial charge in [-0.2, -0.15) is 0 Å². The second-order valence-corrected chi connectivity index (χ2v) is 9.65. The van der Waals surface area contributed by atoms with Crippen molar-refractivity contribution in [3.8, 4) is 17.2 Å². The fourth-order valence-electron chi connectivity index (χ4n) is 3.76. The number of ether oxygens (including phenoxy) is 3. The summed E-state index contributed by atoms with van der Waals surface area (Å²) in [6.45, 7) is 0.0986. The van der Waals surface area contributed by atoms with E-state index < -0.39 is 22.0 Å². The Morgan fingerprint density at radius 2 is 1.68 bits per heavy atom. The normalized spacial score (nSPS) is 15.1. The molecule has 9 heteroatoms. The van der Waals surface area contributed by atoms with E-state index in [0.29, 0.717) is 28.5 Å². The molecule has 0 radical (unpaired) electrons. The molecule has 0 aliphatic carbocycles. The van der Waals surface area contributed by atoms with Crippen molar-refractivity contribution < 1.29 is 27.4 Å². The molecule has 178 valence electrons. The average molecular weight is 483 g/mol. The summed E-state index contributed by atoms with van der Waals surface area (Å²) in [7, 11) is -0.667. The summed E-state index contributed by atoms with van der Waals surface area (Å²) in [5.74, 6) is 0.891. The highest BCUT2D eigenvalue weighted by molar-refractivity contribution is 7.92. The lowest BCUT2D eigenvalue weighted by Gasteiger charge is -2.34. The molecule has 3 aromatic carbocycles. The van der Waals surface area contributed by atoms with E-state index in [9.17, 15) is 13.2 Å². The Morgan fingerprint density at radius 1 is 0.971 bits per heavy atom. The maximum Gasteiger partial charge on any atom is 0.263 e. The van der Waals surface area contributed by atoms with Crippen molar-refractivity contribution >= 4 is 21.6 Å². The molecule has 1 N–H and O–H groups in total. The molecule has 1 atom stereocenters. The zero-order valence-corrected chi connectivity index (χ0v) is 19.7. The lowest BCUT2D eigenvalue weighted by molar-refractivity contribution is -0.127.